The number of nitrogens with zero attached hydrogens (tertiary/aromatic N) is 3. The van der Waals surface area contributed by atoms with E-state index in [4.69, 9.17) is 11.6 Å². The van der Waals surface area contributed by atoms with Crippen molar-refractivity contribution in [1.82, 2.24) is 19.9 Å². The molecule has 6 heteroatoms. The summed E-state index contributed by atoms with van der Waals surface area (Å²) < 4.78 is 1.94. The summed E-state index contributed by atoms with van der Waals surface area (Å²) in [6.45, 7) is 0.451. The van der Waals surface area contributed by atoms with Crippen molar-refractivity contribution in [1.29, 1.82) is 0 Å². The van der Waals surface area contributed by atoms with Crippen molar-refractivity contribution in [3.63, 3.8) is 0 Å². The van der Waals surface area contributed by atoms with Gasteiger partial charge in [0, 0.05) is 18.9 Å². The molecule has 0 aliphatic carbocycles. The van der Waals surface area contributed by atoms with Gasteiger partial charge in [-0.2, -0.15) is 0 Å². The first-order valence-corrected chi connectivity index (χ1v) is 5.40. The molecular formula is C11H11ClN4O. The zero-order valence-corrected chi connectivity index (χ0v) is 9.98. The number of carbonyl (C=O) groups excluding carboxylic acids is 1. The Labute approximate surface area is 103 Å². The van der Waals surface area contributed by atoms with E-state index in [0.717, 1.165) is 5.69 Å². The molecule has 0 aliphatic heterocycles. The van der Waals surface area contributed by atoms with Gasteiger partial charge in [0.1, 0.15) is 10.8 Å². The Kier molecular flexibility index (Phi) is 3.39. The fraction of sp³-hybridized carbons (Fsp3) is 0.182. The smallest absolute Gasteiger partial charge is 0.271 e. The Morgan fingerprint density at radius 1 is 1.47 bits per heavy atom. The molecule has 0 atom stereocenters. The Balaban J connectivity index is 1.98. The Morgan fingerprint density at radius 3 is 2.88 bits per heavy atom. The van der Waals surface area contributed by atoms with Gasteiger partial charge in [-0.25, -0.2) is 9.97 Å². The molecular weight excluding hydrogens is 240 g/mol. The third-order valence-electron chi connectivity index (χ3n) is 2.33. The van der Waals surface area contributed by atoms with Crippen molar-refractivity contribution < 1.29 is 4.79 Å². The van der Waals surface area contributed by atoms with Crippen LogP contribution >= 0.6 is 11.6 Å². The van der Waals surface area contributed by atoms with E-state index < -0.39 is 0 Å². The summed E-state index contributed by atoms with van der Waals surface area (Å²) in [5.41, 5.74) is 1.27. The lowest BCUT2D eigenvalue weighted by Gasteiger charge is -2.05. The Hall–Kier alpha value is -1.88. The van der Waals surface area contributed by atoms with E-state index in [2.05, 4.69) is 15.3 Å². The molecule has 1 amide bonds. The SMILES string of the molecule is Cn1cccc1CNC(=O)c1cnc(Cl)cn1. The van der Waals surface area contributed by atoms with E-state index in [-0.39, 0.29) is 16.8 Å². The lowest BCUT2D eigenvalue weighted by atomic mass is 10.4. The van der Waals surface area contributed by atoms with E-state index >= 15 is 0 Å². The van der Waals surface area contributed by atoms with Crippen LogP contribution in [0.5, 0.6) is 0 Å². The lowest BCUT2D eigenvalue weighted by Crippen LogP contribution is -2.24. The average Bonchev–Trinajstić information content (AvgIpc) is 2.73. The number of halogens is 1. The van der Waals surface area contributed by atoms with Crippen LogP contribution in [0.1, 0.15) is 16.2 Å². The number of hydrogen-bond acceptors (Lipinski definition) is 3. The summed E-state index contributed by atoms with van der Waals surface area (Å²) in [6.07, 6.45) is 4.62. The molecule has 0 unspecified atom stereocenters. The van der Waals surface area contributed by atoms with Gasteiger partial charge in [-0.1, -0.05) is 11.6 Å². The van der Waals surface area contributed by atoms with Crippen LogP contribution in [0.15, 0.2) is 30.7 Å². The standard InChI is InChI=1S/C11H11ClN4O/c1-16-4-2-3-8(16)5-15-11(17)9-6-14-10(12)7-13-9/h2-4,6-7H,5H2,1H3,(H,15,17). The monoisotopic (exact) mass is 250 g/mol. The zero-order valence-electron chi connectivity index (χ0n) is 9.22. The van der Waals surface area contributed by atoms with E-state index in [1.54, 1.807) is 0 Å². The first kappa shape index (κ1) is 11.6. The van der Waals surface area contributed by atoms with E-state index in [0.29, 0.717) is 6.54 Å². The number of rotatable bonds is 3. The van der Waals surface area contributed by atoms with Gasteiger partial charge in [0.15, 0.2) is 0 Å². The maximum absolute atomic E-state index is 11.7. The van der Waals surface area contributed by atoms with Crippen LogP contribution in [0.25, 0.3) is 0 Å². The van der Waals surface area contributed by atoms with Crippen LogP contribution in [0.3, 0.4) is 0 Å². The normalized spacial score (nSPS) is 10.2. The summed E-state index contributed by atoms with van der Waals surface area (Å²) in [6, 6.07) is 3.86. The summed E-state index contributed by atoms with van der Waals surface area (Å²) in [7, 11) is 1.92. The number of nitrogens with one attached hydrogen (secondary N) is 1. The van der Waals surface area contributed by atoms with E-state index in [1.165, 1.54) is 12.4 Å². The maximum Gasteiger partial charge on any atom is 0.271 e. The number of aromatic nitrogens is 3. The minimum atomic E-state index is -0.268. The van der Waals surface area contributed by atoms with Gasteiger partial charge in [-0.05, 0) is 12.1 Å². The fourth-order valence-corrected chi connectivity index (χ4v) is 1.47. The van der Waals surface area contributed by atoms with Crippen molar-refractivity contribution in [2.45, 2.75) is 6.54 Å². The molecule has 0 bridgehead atoms. The van der Waals surface area contributed by atoms with Crippen LogP contribution in [0.2, 0.25) is 5.15 Å². The van der Waals surface area contributed by atoms with Gasteiger partial charge in [-0.15, -0.1) is 0 Å². The minimum absolute atomic E-state index is 0.253. The Morgan fingerprint density at radius 2 is 2.29 bits per heavy atom. The minimum Gasteiger partial charge on any atom is -0.353 e. The first-order valence-electron chi connectivity index (χ1n) is 5.03. The molecule has 0 radical (unpaired) electrons. The molecule has 0 saturated carbocycles. The first-order chi connectivity index (χ1) is 8.16. The van der Waals surface area contributed by atoms with Crippen molar-refractivity contribution in [2.75, 3.05) is 0 Å². The summed E-state index contributed by atoms with van der Waals surface area (Å²) >= 11 is 5.59. The third-order valence-corrected chi connectivity index (χ3v) is 2.53. The van der Waals surface area contributed by atoms with Crippen LogP contribution in [0.4, 0.5) is 0 Å². The third kappa shape index (κ3) is 2.82. The molecule has 88 valence electrons. The molecule has 0 aliphatic rings. The quantitative estimate of drug-likeness (QED) is 0.896. The highest BCUT2D eigenvalue weighted by atomic mass is 35.5. The topological polar surface area (TPSA) is 59.8 Å². The molecule has 2 heterocycles. The molecule has 17 heavy (non-hydrogen) atoms. The molecule has 0 aromatic carbocycles. The van der Waals surface area contributed by atoms with Crippen molar-refractivity contribution in [3.8, 4) is 0 Å². The van der Waals surface area contributed by atoms with Gasteiger partial charge < -0.3 is 9.88 Å². The highest BCUT2D eigenvalue weighted by molar-refractivity contribution is 6.29. The molecule has 0 saturated heterocycles. The van der Waals surface area contributed by atoms with Gasteiger partial charge >= 0.3 is 0 Å². The van der Waals surface area contributed by atoms with Crippen molar-refractivity contribution in [2.24, 2.45) is 7.05 Å². The van der Waals surface area contributed by atoms with Crippen LogP contribution in [0, 0.1) is 0 Å². The van der Waals surface area contributed by atoms with Crippen molar-refractivity contribution in [3.05, 3.63) is 47.3 Å². The second-order valence-corrected chi connectivity index (χ2v) is 3.90. The highest BCUT2D eigenvalue weighted by Crippen LogP contribution is 2.02. The molecule has 0 fully saturated rings. The largest absolute Gasteiger partial charge is 0.353 e. The number of aryl methyl sites for hydroxylation is 1. The zero-order chi connectivity index (χ0) is 12.3. The average molecular weight is 251 g/mol. The predicted molar refractivity (Wildman–Crippen MR) is 63.6 cm³/mol. The van der Waals surface area contributed by atoms with Gasteiger partial charge in [0.2, 0.25) is 0 Å². The lowest BCUT2D eigenvalue weighted by molar-refractivity contribution is 0.0945. The maximum atomic E-state index is 11.7. The number of hydrogen-bond donors (Lipinski definition) is 1. The highest BCUT2D eigenvalue weighted by Gasteiger charge is 2.07. The van der Waals surface area contributed by atoms with Crippen LogP contribution in [-0.2, 0) is 13.6 Å². The van der Waals surface area contributed by atoms with Gasteiger partial charge in [0.05, 0.1) is 18.9 Å². The van der Waals surface area contributed by atoms with Gasteiger partial charge in [-0.3, -0.25) is 4.79 Å². The van der Waals surface area contributed by atoms with E-state index in [9.17, 15) is 4.79 Å². The molecule has 2 aromatic rings. The summed E-state index contributed by atoms with van der Waals surface area (Å²) in [5.74, 6) is -0.268. The van der Waals surface area contributed by atoms with E-state index in [1.807, 2.05) is 29.9 Å². The number of amides is 1. The molecule has 1 N–H and O–H groups in total. The predicted octanol–water partition coefficient (Wildman–Crippen LogP) is 1.40. The van der Waals surface area contributed by atoms with Crippen LogP contribution < -0.4 is 5.32 Å². The fourth-order valence-electron chi connectivity index (χ4n) is 1.37. The number of carbonyl (C=O) groups is 1. The van der Waals surface area contributed by atoms with Gasteiger partial charge in [0.25, 0.3) is 5.91 Å². The molecule has 2 rings (SSSR count). The Bertz CT molecular complexity index is 521. The molecule has 0 spiro atoms. The molecule has 5 nitrogen and oxygen atoms in total. The second kappa shape index (κ2) is 4.97. The summed E-state index contributed by atoms with van der Waals surface area (Å²) in [5, 5.41) is 3.02. The van der Waals surface area contributed by atoms with Crippen LogP contribution in [-0.4, -0.2) is 20.4 Å². The second-order valence-electron chi connectivity index (χ2n) is 3.52. The molecule has 2 aromatic heterocycles. The summed E-state index contributed by atoms with van der Waals surface area (Å²) in [4.78, 5) is 19.4. The van der Waals surface area contributed by atoms with Crippen molar-refractivity contribution >= 4 is 17.5 Å².